The Balaban J connectivity index is 1.08. The zero-order chi connectivity index (χ0) is 24.2. The van der Waals surface area contributed by atoms with Gasteiger partial charge in [-0.2, -0.15) is 4.98 Å². The molecule has 5 rings (SSSR count). The van der Waals surface area contributed by atoms with Crippen molar-refractivity contribution in [2.24, 2.45) is 0 Å². The van der Waals surface area contributed by atoms with Crippen LogP contribution in [-0.2, 0) is 17.6 Å². The number of ether oxygens (including phenoxy) is 2. The maximum atomic E-state index is 14.2. The molecule has 1 unspecified atom stereocenters. The van der Waals surface area contributed by atoms with E-state index in [1.807, 2.05) is 24.3 Å². The molecular formula is C27H30FN3O4. The minimum atomic E-state index is -0.267. The quantitative estimate of drug-likeness (QED) is 0.512. The van der Waals surface area contributed by atoms with Crippen LogP contribution in [0.25, 0.3) is 0 Å². The number of benzene rings is 2. The highest BCUT2D eigenvalue weighted by atomic mass is 19.1. The molecule has 7 nitrogen and oxygen atoms in total. The first-order valence-corrected chi connectivity index (χ1v) is 12.3. The number of nitrogens with one attached hydrogen (secondary N) is 1. The fraction of sp³-hybridized carbons (Fsp3) is 0.444. The van der Waals surface area contributed by atoms with Gasteiger partial charge in [-0.1, -0.05) is 23.4 Å². The summed E-state index contributed by atoms with van der Waals surface area (Å²) in [4.78, 5) is 16.4. The summed E-state index contributed by atoms with van der Waals surface area (Å²) in [7, 11) is 0. The number of halogens is 1. The van der Waals surface area contributed by atoms with Gasteiger partial charge in [0.15, 0.2) is 5.82 Å². The second-order valence-electron chi connectivity index (χ2n) is 9.33. The molecule has 1 aromatic heterocycles. The summed E-state index contributed by atoms with van der Waals surface area (Å²) in [6.07, 6.45) is 5.73. The van der Waals surface area contributed by atoms with Crippen molar-refractivity contribution in [3.05, 3.63) is 71.1 Å². The minimum Gasteiger partial charge on any atom is -0.490 e. The maximum Gasteiger partial charge on any atom is 0.227 e. The van der Waals surface area contributed by atoms with Crippen molar-refractivity contribution in [1.82, 2.24) is 15.5 Å². The van der Waals surface area contributed by atoms with Gasteiger partial charge in [-0.15, -0.1) is 0 Å². The molecule has 2 aliphatic rings. The maximum absolute atomic E-state index is 14.2. The average Bonchev–Trinajstić information content (AvgIpc) is 3.29. The Kier molecular flexibility index (Phi) is 6.97. The van der Waals surface area contributed by atoms with Crippen LogP contribution in [0, 0.1) is 12.7 Å². The van der Waals surface area contributed by atoms with E-state index in [-0.39, 0.29) is 30.0 Å². The topological polar surface area (TPSA) is 86.5 Å². The van der Waals surface area contributed by atoms with Crippen LogP contribution in [0.3, 0.4) is 0 Å². The van der Waals surface area contributed by atoms with Crippen LogP contribution in [0.2, 0.25) is 0 Å². The molecule has 2 aromatic carbocycles. The Morgan fingerprint density at radius 3 is 2.74 bits per heavy atom. The third-order valence-corrected chi connectivity index (χ3v) is 6.71. The van der Waals surface area contributed by atoms with Crippen LogP contribution < -0.4 is 14.8 Å². The highest BCUT2D eigenvalue weighted by Gasteiger charge is 2.26. The van der Waals surface area contributed by atoms with Crippen LogP contribution in [-0.4, -0.2) is 28.2 Å². The molecule has 3 aromatic rings. The summed E-state index contributed by atoms with van der Waals surface area (Å²) in [6.45, 7) is 1.76. The smallest absolute Gasteiger partial charge is 0.227 e. The molecule has 0 radical (unpaired) electrons. The lowest BCUT2D eigenvalue weighted by molar-refractivity contribution is -0.122. The number of nitrogens with zero attached hydrogens (tertiary/aromatic N) is 2. The van der Waals surface area contributed by atoms with Crippen LogP contribution in [0.4, 0.5) is 4.39 Å². The Hall–Kier alpha value is -3.42. The van der Waals surface area contributed by atoms with Crippen molar-refractivity contribution in [2.45, 2.75) is 76.5 Å². The van der Waals surface area contributed by atoms with E-state index in [0.717, 1.165) is 55.6 Å². The zero-order valence-corrected chi connectivity index (χ0v) is 19.8. The second kappa shape index (κ2) is 10.5. The molecule has 1 fully saturated rings. The van der Waals surface area contributed by atoms with E-state index >= 15 is 0 Å². The molecule has 184 valence electrons. The van der Waals surface area contributed by atoms with E-state index in [0.29, 0.717) is 30.1 Å². The van der Waals surface area contributed by atoms with Crippen molar-refractivity contribution < 1.29 is 23.2 Å². The molecule has 35 heavy (non-hydrogen) atoms. The molecule has 8 heteroatoms. The molecular weight excluding hydrogens is 449 g/mol. The summed E-state index contributed by atoms with van der Waals surface area (Å²) >= 11 is 0. The molecule has 0 saturated heterocycles. The first-order valence-electron chi connectivity index (χ1n) is 12.3. The van der Waals surface area contributed by atoms with E-state index in [2.05, 4.69) is 15.5 Å². The summed E-state index contributed by atoms with van der Waals surface area (Å²) in [6, 6.07) is 12.9. The number of amides is 1. The number of hydrogen-bond acceptors (Lipinski definition) is 6. The molecule has 1 aliphatic carbocycles. The number of hydrogen-bond donors (Lipinski definition) is 1. The van der Waals surface area contributed by atoms with Gasteiger partial charge in [-0.05, 0) is 75.3 Å². The summed E-state index contributed by atoms with van der Waals surface area (Å²) < 4.78 is 31.6. The van der Waals surface area contributed by atoms with Crippen molar-refractivity contribution in [2.75, 3.05) is 0 Å². The predicted octanol–water partition coefficient (Wildman–Crippen LogP) is 5.02. The van der Waals surface area contributed by atoms with Gasteiger partial charge in [0.2, 0.25) is 11.8 Å². The van der Waals surface area contributed by atoms with E-state index < -0.39 is 0 Å². The molecule has 1 N–H and O–H groups in total. The van der Waals surface area contributed by atoms with Gasteiger partial charge in [-0.25, -0.2) is 4.39 Å². The number of carbonyl (C=O) groups is 1. The number of fused-ring (bicyclic) bond motifs is 1. The Morgan fingerprint density at radius 2 is 1.97 bits per heavy atom. The van der Waals surface area contributed by atoms with Crippen LogP contribution in [0.5, 0.6) is 11.5 Å². The normalized spacial score (nSPS) is 21.6. The van der Waals surface area contributed by atoms with Gasteiger partial charge in [0.25, 0.3) is 0 Å². The lowest BCUT2D eigenvalue weighted by Gasteiger charge is -2.30. The summed E-state index contributed by atoms with van der Waals surface area (Å²) in [5.74, 6) is 2.48. The fourth-order valence-electron chi connectivity index (χ4n) is 4.87. The van der Waals surface area contributed by atoms with E-state index in [4.69, 9.17) is 14.0 Å². The van der Waals surface area contributed by atoms with Gasteiger partial charge in [-0.3, -0.25) is 4.79 Å². The number of rotatable bonds is 7. The van der Waals surface area contributed by atoms with E-state index in [1.54, 1.807) is 19.1 Å². The molecule has 1 aliphatic heterocycles. The molecule has 1 saturated carbocycles. The van der Waals surface area contributed by atoms with Gasteiger partial charge in [0, 0.05) is 24.4 Å². The lowest BCUT2D eigenvalue weighted by atomic mass is 9.92. The Morgan fingerprint density at radius 1 is 1.14 bits per heavy atom. The minimum absolute atomic E-state index is 0.00796. The van der Waals surface area contributed by atoms with Crippen LogP contribution in [0.15, 0.2) is 47.0 Å². The largest absolute Gasteiger partial charge is 0.490 e. The SMILES string of the molecule is Cc1noc(CCC(=O)N[C@H]2CC[C@H](Oc3ccc4c(c3)CCC(c3ccccc3F)O4)CC2)n1. The first kappa shape index (κ1) is 23.3. The van der Waals surface area contributed by atoms with Crippen LogP contribution >= 0.6 is 0 Å². The fourth-order valence-corrected chi connectivity index (χ4v) is 4.87. The Bertz CT molecular complexity index is 1170. The van der Waals surface area contributed by atoms with E-state index in [1.165, 1.54) is 6.07 Å². The third-order valence-electron chi connectivity index (χ3n) is 6.71. The molecule has 2 heterocycles. The average molecular weight is 480 g/mol. The lowest BCUT2D eigenvalue weighted by Crippen LogP contribution is -2.39. The molecule has 1 atom stereocenters. The highest BCUT2D eigenvalue weighted by molar-refractivity contribution is 5.76. The van der Waals surface area contributed by atoms with Crippen molar-refractivity contribution in [3.63, 3.8) is 0 Å². The van der Waals surface area contributed by atoms with Crippen LogP contribution in [0.1, 0.15) is 67.5 Å². The van der Waals surface area contributed by atoms with Gasteiger partial charge in [0.05, 0.1) is 6.10 Å². The van der Waals surface area contributed by atoms with Gasteiger partial charge < -0.3 is 19.3 Å². The number of carbonyl (C=O) groups excluding carboxylic acids is 1. The predicted molar refractivity (Wildman–Crippen MR) is 127 cm³/mol. The van der Waals surface area contributed by atoms with Gasteiger partial charge >= 0.3 is 0 Å². The number of aromatic nitrogens is 2. The highest BCUT2D eigenvalue weighted by Crippen LogP contribution is 2.38. The zero-order valence-electron chi connectivity index (χ0n) is 19.8. The number of aryl methyl sites for hydroxylation is 3. The standard InChI is InChI=1S/C27H30FN3O4/c1-17-29-27(35-31-17)15-14-26(32)30-19-7-9-20(10-8-19)33-21-11-13-24-18(16-21)6-12-25(34-24)22-4-2-3-5-23(22)28/h2-5,11,13,16,19-20,25H,6-10,12,14-15H2,1H3,(H,30,32)/t19-,20-,25?. The molecule has 0 bridgehead atoms. The van der Waals surface area contributed by atoms with Crippen molar-refractivity contribution in [1.29, 1.82) is 0 Å². The Labute approximate surface area is 204 Å². The monoisotopic (exact) mass is 479 g/mol. The van der Waals surface area contributed by atoms with Crippen molar-refractivity contribution in [3.8, 4) is 11.5 Å². The van der Waals surface area contributed by atoms with Gasteiger partial charge in [0.1, 0.15) is 23.4 Å². The second-order valence-corrected chi connectivity index (χ2v) is 9.33. The molecule has 1 amide bonds. The third kappa shape index (κ3) is 5.81. The van der Waals surface area contributed by atoms with E-state index in [9.17, 15) is 9.18 Å². The molecule has 0 spiro atoms. The summed E-state index contributed by atoms with van der Waals surface area (Å²) in [5.41, 5.74) is 1.69. The van der Waals surface area contributed by atoms with Crippen molar-refractivity contribution >= 4 is 5.91 Å². The summed E-state index contributed by atoms with van der Waals surface area (Å²) in [5, 5.41) is 6.86. The first-order chi connectivity index (χ1) is 17.0.